The number of ketones is 2. The minimum absolute atomic E-state index is 0.0609. The fraction of sp³-hybridized carbons (Fsp3) is 0.379. The number of halogens is 1. The van der Waals surface area contributed by atoms with Gasteiger partial charge in [0.05, 0.1) is 0 Å². The van der Waals surface area contributed by atoms with Crippen molar-refractivity contribution in [2.75, 3.05) is 4.90 Å². The maximum atomic E-state index is 13.8. The molecule has 0 atom stereocenters. The minimum Gasteiger partial charge on any atom is -0.508 e. The van der Waals surface area contributed by atoms with Gasteiger partial charge in [-0.15, -0.1) is 0 Å². The summed E-state index contributed by atoms with van der Waals surface area (Å²) in [7, 11) is 0. The van der Waals surface area contributed by atoms with E-state index in [0.29, 0.717) is 29.6 Å². The molecule has 2 aromatic carbocycles. The highest BCUT2D eigenvalue weighted by molar-refractivity contribution is 9.10. The number of hydrogen-bond acceptors (Lipinski definition) is 4. The predicted octanol–water partition coefficient (Wildman–Crippen LogP) is 7.04. The van der Waals surface area contributed by atoms with Crippen molar-refractivity contribution in [3.63, 3.8) is 0 Å². The van der Waals surface area contributed by atoms with Gasteiger partial charge < -0.3 is 10.0 Å². The molecular formula is C29H30BrNO3. The van der Waals surface area contributed by atoms with Gasteiger partial charge in [0, 0.05) is 57.0 Å². The van der Waals surface area contributed by atoms with Gasteiger partial charge in [-0.2, -0.15) is 0 Å². The van der Waals surface area contributed by atoms with Crippen molar-refractivity contribution < 1.29 is 14.7 Å². The highest BCUT2D eigenvalue weighted by atomic mass is 79.9. The molecule has 3 aliphatic rings. The number of allylic oxidation sites excluding steroid dienone is 4. The van der Waals surface area contributed by atoms with Gasteiger partial charge in [-0.3, -0.25) is 9.59 Å². The van der Waals surface area contributed by atoms with Crippen LogP contribution in [0.1, 0.15) is 64.9 Å². The maximum absolute atomic E-state index is 13.8. The first kappa shape index (κ1) is 23.1. The normalized spacial score (nSPS) is 22.1. The van der Waals surface area contributed by atoms with Gasteiger partial charge in [0.25, 0.3) is 0 Å². The van der Waals surface area contributed by atoms with Gasteiger partial charge in [0.1, 0.15) is 5.75 Å². The van der Waals surface area contributed by atoms with E-state index < -0.39 is 5.92 Å². The number of nitrogens with zero attached hydrogens (tertiary/aromatic N) is 1. The number of carbonyl (C=O) groups excluding carboxylic acids is 2. The Kier molecular flexibility index (Phi) is 5.40. The molecule has 1 heterocycles. The zero-order valence-electron chi connectivity index (χ0n) is 20.1. The summed E-state index contributed by atoms with van der Waals surface area (Å²) in [5.74, 6) is -0.291. The van der Waals surface area contributed by atoms with E-state index >= 15 is 0 Å². The van der Waals surface area contributed by atoms with Gasteiger partial charge in [0.2, 0.25) is 0 Å². The van der Waals surface area contributed by atoms with E-state index in [4.69, 9.17) is 0 Å². The molecule has 0 fully saturated rings. The van der Waals surface area contributed by atoms with Crippen LogP contribution in [0.25, 0.3) is 0 Å². The van der Waals surface area contributed by atoms with Crippen molar-refractivity contribution in [1.82, 2.24) is 0 Å². The number of anilines is 1. The lowest BCUT2D eigenvalue weighted by molar-refractivity contribution is -0.119. The zero-order chi connectivity index (χ0) is 24.4. The molecule has 0 unspecified atom stereocenters. The number of benzene rings is 2. The Bertz CT molecular complexity index is 1210. The summed E-state index contributed by atoms with van der Waals surface area (Å²) in [4.78, 5) is 29.7. The first-order valence-electron chi connectivity index (χ1n) is 11.8. The van der Waals surface area contributed by atoms with E-state index in [1.165, 1.54) is 0 Å². The summed E-state index contributed by atoms with van der Waals surface area (Å²) in [6.45, 7) is 8.51. The summed E-state index contributed by atoms with van der Waals surface area (Å²) in [6.07, 6.45) is 2.29. The van der Waals surface area contributed by atoms with Gasteiger partial charge >= 0.3 is 0 Å². The monoisotopic (exact) mass is 519 g/mol. The molecule has 4 nitrogen and oxygen atoms in total. The molecule has 0 saturated heterocycles. The van der Waals surface area contributed by atoms with Crippen LogP contribution in [0, 0.1) is 10.8 Å². The maximum Gasteiger partial charge on any atom is 0.162 e. The third-order valence-corrected chi connectivity index (χ3v) is 7.77. The molecule has 5 heteroatoms. The summed E-state index contributed by atoms with van der Waals surface area (Å²) >= 11 is 3.53. The summed E-state index contributed by atoms with van der Waals surface area (Å²) in [5.41, 5.74) is 4.44. The second-order valence-corrected chi connectivity index (χ2v) is 12.3. The Labute approximate surface area is 209 Å². The molecule has 176 valence electrons. The van der Waals surface area contributed by atoms with E-state index in [0.717, 1.165) is 34.4 Å². The minimum atomic E-state index is -0.537. The number of phenols is 1. The second kappa shape index (κ2) is 7.94. The first-order chi connectivity index (χ1) is 16.0. The van der Waals surface area contributed by atoms with Crippen molar-refractivity contribution in [1.29, 1.82) is 0 Å². The number of aromatic hydroxyl groups is 1. The highest BCUT2D eigenvalue weighted by Gasteiger charge is 2.49. The quantitative estimate of drug-likeness (QED) is 0.461. The Hall–Kier alpha value is -2.66. The average molecular weight is 520 g/mol. The Morgan fingerprint density at radius 1 is 0.794 bits per heavy atom. The van der Waals surface area contributed by atoms with Crippen LogP contribution in [0.2, 0.25) is 0 Å². The van der Waals surface area contributed by atoms with Crippen molar-refractivity contribution in [2.24, 2.45) is 10.8 Å². The van der Waals surface area contributed by atoms with Crippen LogP contribution < -0.4 is 4.90 Å². The van der Waals surface area contributed by atoms with Crippen LogP contribution in [0.4, 0.5) is 5.69 Å². The van der Waals surface area contributed by atoms with Crippen molar-refractivity contribution >= 4 is 33.2 Å². The van der Waals surface area contributed by atoms with Crippen LogP contribution in [0.3, 0.4) is 0 Å². The Morgan fingerprint density at radius 2 is 1.29 bits per heavy atom. The first-order valence-corrected chi connectivity index (χ1v) is 12.6. The third-order valence-electron chi connectivity index (χ3n) is 7.24. The van der Waals surface area contributed by atoms with E-state index in [1.807, 2.05) is 36.4 Å². The lowest BCUT2D eigenvalue weighted by Crippen LogP contribution is -2.44. The fourth-order valence-corrected chi connectivity index (χ4v) is 6.17. The molecule has 2 aliphatic carbocycles. The van der Waals surface area contributed by atoms with Gasteiger partial charge in [-0.05, 0) is 54.0 Å². The molecule has 0 spiro atoms. The molecule has 1 N–H and O–H groups in total. The van der Waals surface area contributed by atoms with Crippen molar-refractivity contribution in [3.8, 4) is 5.75 Å². The molecule has 0 radical (unpaired) electrons. The predicted molar refractivity (Wildman–Crippen MR) is 138 cm³/mol. The Balaban J connectivity index is 1.85. The molecular weight excluding hydrogens is 490 g/mol. The molecule has 34 heavy (non-hydrogen) atoms. The van der Waals surface area contributed by atoms with E-state index in [-0.39, 0.29) is 28.1 Å². The third kappa shape index (κ3) is 3.84. The van der Waals surface area contributed by atoms with Crippen molar-refractivity contribution in [3.05, 3.63) is 81.1 Å². The van der Waals surface area contributed by atoms with Crippen LogP contribution in [-0.4, -0.2) is 16.7 Å². The number of hydrogen-bond donors (Lipinski definition) is 1. The molecule has 0 bridgehead atoms. The smallest absolute Gasteiger partial charge is 0.162 e. The van der Waals surface area contributed by atoms with Crippen LogP contribution >= 0.6 is 15.9 Å². The summed E-state index contributed by atoms with van der Waals surface area (Å²) in [6, 6.07) is 15.2. The molecule has 2 aromatic rings. The SMILES string of the molecule is CC1(C)CC(=O)C2=C(C1)N(c1ccc(Br)cc1)C1=C(C(=O)CC(C)(C)C1)C2c1ccccc1O. The lowest BCUT2D eigenvalue weighted by Gasteiger charge is -2.49. The number of phenolic OH excluding ortho intramolecular Hbond substituents is 1. The van der Waals surface area contributed by atoms with Gasteiger partial charge in [0.15, 0.2) is 11.6 Å². The van der Waals surface area contributed by atoms with E-state index in [9.17, 15) is 14.7 Å². The van der Waals surface area contributed by atoms with Crippen LogP contribution in [-0.2, 0) is 9.59 Å². The number of Topliss-reactive ketones (excluding diaryl/α,β-unsaturated/α-hetero) is 2. The summed E-state index contributed by atoms with van der Waals surface area (Å²) < 4.78 is 0.976. The van der Waals surface area contributed by atoms with Gasteiger partial charge in [-0.25, -0.2) is 0 Å². The van der Waals surface area contributed by atoms with E-state index in [2.05, 4.69) is 48.5 Å². The van der Waals surface area contributed by atoms with Crippen LogP contribution in [0.15, 0.2) is 75.5 Å². The summed E-state index contributed by atoms with van der Waals surface area (Å²) in [5, 5.41) is 10.8. The lowest BCUT2D eigenvalue weighted by atomic mass is 9.63. The fourth-order valence-electron chi connectivity index (χ4n) is 5.91. The number of carbonyl (C=O) groups is 2. The van der Waals surface area contributed by atoms with Gasteiger partial charge in [-0.1, -0.05) is 61.8 Å². The largest absolute Gasteiger partial charge is 0.508 e. The second-order valence-electron chi connectivity index (χ2n) is 11.4. The molecule has 5 rings (SSSR count). The number of para-hydroxylation sites is 1. The molecule has 0 amide bonds. The highest BCUT2D eigenvalue weighted by Crippen LogP contribution is 2.56. The van der Waals surface area contributed by atoms with Crippen LogP contribution in [0.5, 0.6) is 5.75 Å². The topological polar surface area (TPSA) is 57.6 Å². The molecule has 0 saturated carbocycles. The van der Waals surface area contributed by atoms with E-state index in [1.54, 1.807) is 12.1 Å². The number of rotatable bonds is 2. The standard InChI is InChI=1S/C29H30BrNO3/c1-28(2)13-20-26(23(33)15-28)25(19-7-5-6-8-22(19)32)27-21(14-29(3,4)16-24(27)34)31(20)18-11-9-17(30)10-12-18/h5-12,25,32H,13-16H2,1-4H3. The molecule has 0 aromatic heterocycles. The van der Waals surface area contributed by atoms with Crippen molar-refractivity contribution in [2.45, 2.75) is 59.3 Å². The Morgan fingerprint density at radius 3 is 1.79 bits per heavy atom. The average Bonchev–Trinajstić information content (AvgIpc) is 2.72. The zero-order valence-corrected chi connectivity index (χ0v) is 21.7. The molecule has 1 aliphatic heterocycles.